The Morgan fingerprint density at radius 3 is 2.72 bits per heavy atom. The van der Waals surface area contributed by atoms with Crippen molar-refractivity contribution in [3.63, 3.8) is 0 Å². The van der Waals surface area contributed by atoms with Gasteiger partial charge in [0.25, 0.3) is 0 Å². The van der Waals surface area contributed by atoms with Crippen molar-refractivity contribution in [3.8, 4) is 0 Å². The summed E-state index contributed by atoms with van der Waals surface area (Å²) in [6, 6.07) is 0. The molecule has 0 aromatic heterocycles. The average molecular weight is 274 g/mol. The van der Waals surface area contributed by atoms with Crippen LogP contribution in [0.2, 0.25) is 0 Å². The quantitative estimate of drug-likeness (QED) is 0.786. The van der Waals surface area contributed by atoms with Gasteiger partial charge < -0.3 is 10.6 Å². The minimum absolute atomic E-state index is 0.0396. The van der Waals surface area contributed by atoms with Gasteiger partial charge in [-0.3, -0.25) is 4.79 Å². The molecule has 2 fully saturated rings. The number of nitrogens with two attached hydrogens (primary N) is 1. The van der Waals surface area contributed by atoms with Crippen molar-refractivity contribution in [1.29, 1.82) is 0 Å². The lowest BCUT2D eigenvalue weighted by Gasteiger charge is -2.34. The molecule has 0 spiro atoms. The number of rotatable bonds is 3. The maximum Gasteiger partial charge on any atom is 0.226 e. The Morgan fingerprint density at radius 1 is 1.33 bits per heavy atom. The third kappa shape index (κ3) is 3.23. The molecule has 0 aromatic rings. The minimum atomic E-state index is -2.97. The van der Waals surface area contributed by atoms with Crippen LogP contribution < -0.4 is 5.73 Å². The van der Waals surface area contributed by atoms with Gasteiger partial charge in [-0.2, -0.15) is 0 Å². The summed E-state index contributed by atoms with van der Waals surface area (Å²) in [5.74, 6) is 0.447. The Balaban J connectivity index is 1.93. The molecule has 18 heavy (non-hydrogen) atoms. The highest BCUT2D eigenvalue weighted by molar-refractivity contribution is 7.91. The third-order valence-corrected chi connectivity index (χ3v) is 5.76. The fourth-order valence-corrected chi connectivity index (χ4v) is 4.72. The van der Waals surface area contributed by atoms with Crippen LogP contribution in [-0.4, -0.2) is 50.4 Å². The van der Waals surface area contributed by atoms with Crippen LogP contribution in [-0.2, 0) is 14.6 Å². The van der Waals surface area contributed by atoms with Crippen LogP contribution in [0.4, 0.5) is 0 Å². The van der Waals surface area contributed by atoms with Crippen molar-refractivity contribution in [2.75, 3.05) is 31.1 Å². The molecule has 0 radical (unpaired) electrons. The predicted molar refractivity (Wildman–Crippen MR) is 69.7 cm³/mol. The van der Waals surface area contributed by atoms with Crippen LogP contribution in [0.1, 0.15) is 25.7 Å². The molecular weight excluding hydrogens is 252 g/mol. The van der Waals surface area contributed by atoms with Crippen LogP contribution in [0.3, 0.4) is 0 Å². The maximum atomic E-state index is 12.3. The molecule has 2 rings (SSSR count). The molecule has 5 nitrogen and oxygen atoms in total. The van der Waals surface area contributed by atoms with Gasteiger partial charge >= 0.3 is 0 Å². The third-order valence-electron chi connectivity index (χ3n) is 3.99. The maximum absolute atomic E-state index is 12.3. The van der Waals surface area contributed by atoms with E-state index in [1.807, 2.05) is 4.90 Å². The Morgan fingerprint density at radius 2 is 2.11 bits per heavy atom. The van der Waals surface area contributed by atoms with Crippen LogP contribution >= 0.6 is 0 Å². The predicted octanol–water partition coefficient (Wildman–Crippen LogP) is 0.00850. The second-order valence-electron chi connectivity index (χ2n) is 5.47. The fraction of sp³-hybridized carbons (Fsp3) is 0.917. The van der Waals surface area contributed by atoms with E-state index in [0.717, 1.165) is 32.4 Å². The van der Waals surface area contributed by atoms with E-state index in [1.165, 1.54) is 0 Å². The molecule has 2 aliphatic heterocycles. The normalized spacial score (nSPS) is 31.5. The first-order chi connectivity index (χ1) is 8.52. The first-order valence-electron chi connectivity index (χ1n) is 6.71. The lowest BCUT2D eigenvalue weighted by molar-refractivity contribution is -0.136. The first-order valence-corrected chi connectivity index (χ1v) is 8.53. The number of carbonyl (C=O) groups excluding carboxylic acids is 1. The fourth-order valence-electron chi connectivity index (χ4n) is 2.98. The highest BCUT2D eigenvalue weighted by Crippen LogP contribution is 2.25. The summed E-state index contributed by atoms with van der Waals surface area (Å²) < 4.78 is 22.8. The van der Waals surface area contributed by atoms with Crippen LogP contribution in [0.25, 0.3) is 0 Å². The molecule has 2 saturated heterocycles. The van der Waals surface area contributed by atoms with Gasteiger partial charge in [-0.05, 0) is 38.1 Å². The Labute approximate surface area is 109 Å². The molecule has 2 heterocycles. The van der Waals surface area contributed by atoms with E-state index in [0.29, 0.717) is 18.9 Å². The number of nitrogens with zero attached hydrogens (tertiary/aromatic N) is 1. The number of sulfone groups is 1. The zero-order valence-electron chi connectivity index (χ0n) is 10.7. The van der Waals surface area contributed by atoms with Crippen LogP contribution in [0.5, 0.6) is 0 Å². The second kappa shape index (κ2) is 5.57. The van der Waals surface area contributed by atoms with E-state index in [9.17, 15) is 13.2 Å². The van der Waals surface area contributed by atoms with E-state index < -0.39 is 9.84 Å². The van der Waals surface area contributed by atoms with Crippen molar-refractivity contribution in [2.45, 2.75) is 25.7 Å². The van der Waals surface area contributed by atoms with E-state index in [1.54, 1.807) is 0 Å². The highest BCUT2D eigenvalue weighted by atomic mass is 32.2. The largest absolute Gasteiger partial charge is 0.342 e. The van der Waals surface area contributed by atoms with E-state index >= 15 is 0 Å². The van der Waals surface area contributed by atoms with E-state index in [4.69, 9.17) is 5.73 Å². The van der Waals surface area contributed by atoms with Gasteiger partial charge in [-0.15, -0.1) is 0 Å². The average Bonchev–Trinajstić information content (AvgIpc) is 2.70. The topological polar surface area (TPSA) is 80.5 Å². The summed E-state index contributed by atoms with van der Waals surface area (Å²) >= 11 is 0. The highest BCUT2D eigenvalue weighted by Gasteiger charge is 2.36. The number of carbonyl (C=O) groups is 1. The Kier molecular flexibility index (Phi) is 4.27. The van der Waals surface area contributed by atoms with Crippen LogP contribution in [0, 0.1) is 11.8 Å². The van der Waals surface area contributed by atoms with Gasteiger partial charge in [0.2, 0.25) is 5.91 Å². The zero-order valence-corrected chi connectivity index (χ0v) is 11.5. The standard InChI is InChI=1S/C12H22N2O3S/c13-5-3-10-2-1-6-14(8-10)12(15)11-4-7-18(16,17)9-11/h10-11H,1-9,13H2. The summed E-state index contributed by atoms with van der Waals surface area (Å²) in [6.07, 6.45) is 3.59. The van der Waals surface area contributed by atoms with Crippen molar-refractivity contribution in [1.82, 2.24) is 4.90 Å². The number of amides is 1. The van der Waals surface area contributed by atoms with E-state index in [-0.39, 0.29) is 23.3 Å². The van der Waals surface area contributed by atoms with Crippen molar-refractivity contribution in [3.05, 3.63) is 0 Å². The lowest BCUT2D eigenvalue weighted by Crippen LogP contribution is -2.43. The molecule has 2 atom stereocenters. The molecule has 104 valence electrons. The Hall–Kier alpha value is -0.620. The van der Waals surface area contributed by atoms with Crippen molar-refractivity contribution in [2.24, 2.45) is 17.6 Å². The molecule has 0 saturated carbocycles. The van der Waals surface area contributed by atoms with Gasteiger partial charge in [-0.25, -0.2) is 8.42 Å². The van der Waals surface area contributed by atoms with Crippen molar-refractivity contribution >= 4 is 15.7 Å². The summed E-state index contributed by atoms with van der Waals surface area (Å²) in [5, 5.41) is 0. The molecule has 1 amide bonds. The van der Waals surface area contributed by atoms with Crippen LogP contribution in [0.15, 0.2) is 0 Å². The van der Waals surface area contributed by atoms with Gasteiger partial charge in [0.05, 0.1) is 17.4 Å². The SMILES string of the molecule is NCCC1CCCN(C(=O)C2CCS(=O)(=O)C2)C1. The Bertz CT molecular complexity index is 406. The summed E-state index contributed by atoms with van der Waals surface area (Å²) in [7, 11) is -2.97. The van der Waals surface area contributed by atoms with Gasteiger partial charge in [0.15, 0.2) is 9.84 Å². The van der Waals surface area contributed by atoms with Gasteiger partial charge in [0.1, 0.15) is 0 Å². The zero-order chi connectivity index (χ0) is 13.2. The number of likely N-dealkylation sites (tertiary alicyclic amines) is 1. The lowest BCUT2D eigenvalue weighted by atomic mass is 9.93. The minimum Gasteiger partial charge on any atom is -0.342 e. The summed E-state index contributed by atoms with van der Waals surface area (Å²) in [5.41, 5.74) is 5.56. The van der Waals surface area contributed by atoms with Gasteiger partial charge in [0, 0.05) is 13.1 Å². The molecule has 2 aliphatic rings. The smallest absolute Gasteiger partial charge is 0.226 e. The van der Waals surface area contributed by atoms with Gasteiger partial charge in [-0.1, -0.05) is 0 Å². The summed E-state index contributed by atoms with van der Waals surface area (Å²) in [4.78, 5) is 14.1. The number of piperidine rings is 1. The number of hydrogen-bond acceptors (Lipinski definition) is 4. The molecule has 0 bridgehead atoms. The molecule has 2 N–H and O–H groups in total. The number of hydrogen-bond donors (Lipinski definition) is 1. The molecule has 2 unspecified atom stereocenters. The molecule has 0 aromatic carbocycles. The second-order valence-corrected chi connectivity index (χ2v) is 7.70. The first kappa shape index (κ1) is 13.8. The van der Waals surface area contributed by atoms with Crippen molar-refractivity contribution < 1.29 is 13.2 Å². The summed E-state index contributed by atoms with van der Waals surface area (Å²) in [6.45, 7) is 2.19. The molecule has 0 aliphatic carbocycles. The molecule has 6 heteroatoms. The molecular formula is C12H22N2O3S. The monoisotopic (exact) mass is 274 g/mol. The van der Waals surface area contributed by atoms with E-state index in [2.05, 4.69) is 0 Å².